The van der Waals surface area contributed by atoms with Crippen LogP contribution in [0.3, 0.4) is 0 Å². The number of alkyl halides is 2. The van der Waals surface area contributed by atoms with Crippen LogP contribution in [-0.4, -0.2) is 34.7 Å². The number of piperidine rings is 1. The van der Waals surface area contributed by atoms with Gasteiger partial charge in [0.1, 0.15) is 10.6 Å². The summed E-state index contributed by atoms with van der Waals surface area (Å²) in [7, 11) is 0. The van der Waals surface area contributed by atoms with Crippen LogP contribution in [0.15, 0.2) is 0 Å². The molecular formula is C15H22ClFN2O2S. The van der Waals surface area contributed by atoms with Gasteiger partial charge in [-0.2, -0.15) is 0 Å². The van der Waals surface area contributed by atoms with Crippen molar-refractivity contribution >= 4 is 29.0 Å². The number of aryl methyl sites for hydroxylation is 1. The quantitative estimate of drug-likeness (QED) is 0.744. The number of thiazole rings is 1. The van der Waals surface area contributed by atoms with E-state index in [0.29, 0.717) is 24.0 Å². The molecule has 7 heteroatoms. The number of aromatic nitrogens is 1. The number of hydrogen-bond acceptors (Lipinski definition) is 4. The fourth-order valence-electron chi connectivity index (χ4n) is 2.33. The lowest BCUT2D eigenvalue weighted by Gasteiger charge is -2.36. The maximum Gasteiger partial charge on any atom is 0.410 e. The van der Waals surface area contributed by atoms with Crippen molar-refractivity contribution in [2.75, 3.05) is 13.1 Å². The van der Waals surface area contributed by atoms with E-state index in [1.165, 1.54) is 11.3 Å². The summed E-state index contributed by atoms with van der Waals surface area (Å²) in [5, 5.41) is 0.476. The van der Waals surface area contributed by atoms with Gasteiger partial charge in [-0.3, -0.25) is 0 Å². The second-order valence-electron chi connectivity index (χ2n) is 6.59. The molecule has 0 N–H and O–H groups in total. The highest BCUT2D eigenvalue weighted by Gasteiger charge is 2.41. The largest absolute Gasteiger partial charge is 0.444 e. The van der Waals surface area contributed by atoms with E-state index in [1.54, 1.807) is 4.90 Å². The highest BCUT2D eigenvalue weighted by molar-refractivity contribution is 7.12. The number of halogens is 2. The molecule has 0 unspecified atom stereocenters. The Morgan fingerprint density at radius 1 is 1.45 bits per heavy atom. The van der Waals surface area contributed by atoms with E-state index in [1.807, 2.05) is 27.7 Å². The molecule has 0 spiro atoms. The number of amides is 1. The minimum absolute atomic E-state index is 0.237. The summed E-state index contributed by atoms with van der Waals surface area (Å²) >= 11 is 7.17. The fraction of sp³-hybridized carbons (Fsp3) is 0.733. The van der Waals surface area contributed by atoms with E-state index in [4.69, 9.17) is 16.3 Å². The summed E-state index contributed by atoms with van der Waals surface area (Å²) in [4.78, 5) is 18.8. The zero-order valence-electron chi connectivity index (χ0n) is 13.4. The van der Waals surface area contributed by atoms with E-state index in [0.717, 1.165) is 10.6 Å². The lowest BCUT2D eigenvalue weighted by molar-refractivity contribution is 0.00214. The summed E-state index contributed by atoms with van der Waals surface area (Å²) in [6, 6.07) is 0. The molecule has 4 nitrogen and oxygen atoms in total. The summed E-state index contributed by atoms with van der Waals surface area (Å²) in [6.45, 7) is 7.97. The zero-order chi connectivity index (χ0) is 16.5. The molecule has 0 atom stereocenters. The van der Waals surface area contributed by atoms with Crippen LogP contribution in [0.1, 0.15) is 49.2 Å². The van der Waals surface area contributed by atoms with Crippen molar-refractivity contribution in [3.63, 3.8) is 0 Å². The monoisotopic (exact) mass is 348 g/mol. The molecule has 22 heavy (non-hydrogen) atoms. The van der Waals surface area contributed by atoms with Gasteiger partial charge in [0.2, 0.25) is 0 Å². The molecule has 0 radical (unpaired) electrons. The van der Waals surface area contributed by atoms with E-state index < -0.39 is 11.3 Å². The number of hydrogen-bond donors (Lipinski definition) is 0. The van der Waals surface area contributed by atoms with Crippen LogP contribution in [0.25, 0.3) is 0 Å². The van der Waals surface area contributed by atoms with Gasteiger partial charge in [-0.25, -0.2) is 14.2 Å². The Kier molecular flexibility index (Phi) is 5.02. The molecule has 0 bridgehead atoms. The summed E-state index contributed by atoms with van der Waals surface area (Å²) < 4.78 is 20.5. The van der Waals surface area contributed by atoms with Crippen molar-refractivity contribution in [3.05, 3.63) is 15.6 Å². The van der Waals surface area contributed by atoms with Gasteiger partial charge in [-0.1, -0.05) is 0 Å². The molecule has 0 saturated carbocycles. The predicted molar refractivity (Wildman–Crippen MR) is 86.2 cm³/mol. The molecule has 1 fully saturated rings. The Balaban J connectivity index is 2.02. The van der Waals surface area contributed by atoms with Crippen molar-refractivity contribution in [2.45, 2.75) is 57.7 Å². The van der Waals surface area contributed by atoms with Gasteiger partial charge >= 0.3 is 6.09 Å². The third kappa shape index (κ3) is 3.90. The molecule has 1 aliphatic rings. The highest BCUT2D eigenvalue weighted by atomic mass is 35.5. The van der Waals surface area contributed by atoms with E-state index in [2.05, 4.69) is 4.98 Å². The Hall–Kier alpha value is -0.880. The molecule has 1 saturated heterocycles. The SMILES string of the molecule is Cc1nc(C2(F)CCN(C(=O)OC(C)(C)C)CC2)sc1CCl. The molecule has 0 aromatic carbocycles. The van der Waals surface area contributed by atoms with Gasteiger partial charge in [0.15, 0.2) is 5.67 Å². The third-order valence-electron chi connectivity index (χ3n) is 3.60. The second kappa shape index (κ2) is 6.32. The van der Waals surface area contributed by atoms with Crippen LogP contribution >= 0.6 is 22.9 Å². The molecule has 1 amide bonds. The number of carbonyl (C=O) groups excluding carboxylic acids is 1. The van der Waals surface area contributed by atoms with Gasteiger partial charge < -0.3 is 9.64 Å². The first kappa shape index (κ1) is 17.5. The average molecular weight is 349 g/mol. The van der Waals surface area contributed by atoms with Crippen molar-refractivity contribution in [1.82, 2.24) is 9.88 Å². The van der Waals surface area contributed by atoms with E-state index in [-0.39, 0.29) is 18.9 Å². The minimum Gasteiger partial charge on any atom is -0.444 e. The van der Waals surface area contributed by atoms with Crippen molar-refractivity contribution in [3.8, 4) is 0 Å². The molecule has 1 aliphatic heterocycles. The second-order valence-corrected chi connectivity index (χ2v) is 7.94. The van der Waals surface area contributed by atoms with Gasteiger partial charge in [0.05, 0.1) is 11.6 Å². The first-order chi connectivity index (χ1) is 10.1. The van der Waals surface area contributed by atoms with E-state index in [9.17, 15) is 4.79 Å². The number of likely N-dealkylation sites (tertiary alicyclic amines) is 1. The maximum atomic E-state index is 15.1. The van der Waals surface area contributed by atoms with Gasteiger partial charge in [0, 0.05) is 30.8 Å². The van der Waals surface area contributed by atoms with Crippen LogP contribution in [0.2, 0.25) is 0 Å². The number of rotatable bonds is 2. The number of carbonyl (C=O) groups is 1. The predicted octanol–water partition coefficient (Wildman–Crippen LogP) is 4.39. The van der Waals surface area contributed by atoms with Crippen LogP contribution in [0.5, 0.6) is 0 Å². The Bertz CT molecular complexity index is 548. The fourth-order valence-corrected chi connectivity index (χ4v) is 3.74. The molecule has 124 valence electrons. The van der Waals surface area contributed by atoms with Crippen molar-refractivity contribution in [2.24, 2.45) is 0 Å². The number of ether oxygens (including phenoxy) is 1. The standard InChI is InChI=1S/C15H22ClFN2O2S/c1-10-11(9-16)22-12(18-10)15(17)5-7-19(8-6-15)13(20)21-14(2,3)4/h5-9H2,1-4H3. The third-order valence-corrected chi connectivity index (χ3v) is 5.37. The summed E-state index contributed by atoms with van der Waals surface area (Å²) in [6.07, 6.45) is 0.0910. The first-order valence-electron chi connectivity index (χ1n) is 7.34. The molecule has 1 aromatic rings. The summed E-state index contributed by atoms with van der Waals surface area (Å²) in [5.41, 5.74) is -1.22. The van der Waals surface area contributed by atoms with Crippen LogP contribution < -0.4 is 0 Å². The topological polar surface area (TPSA) is 42.4 Å². The normalized spacial score (nSPS) is 18.4. The van der Waals surface area contributed by atoms with Crippen LogP contribution in [-0.2, 0) is 16.3 Å². The van der Waals surface area contributed by atoms with E-state index >= 15 is 4.39 Å². The molecule has 2 heterocycles. The lowest BCUT2D eigenvalue weighted by Crippen LogP contribution is -2.45. The molecule has 2 rings (SSSR count). The Labute approximate surface area is 139 Å². The Morgan fingerprint density at radius 2 is 2.05 bits per heavy atom. The van der Waals surface area contributed by atoms with Gasteiger partial charge in [0.25, 0.3) is 0 Å². The van der Waals surface area contributed by atoms with Gasteiger partial charge in [-0.15, -0.1) is 22.9 Å². The average Bonchev–Trinajstić information content (AvgIpc) is 2.79. The Morgan fingerprint density at radius 3 is 2.50 bits per heavy atom. The van der Waals surface area contributed by atoms with Crippen LogP contribution in [0.4, 0.5) is 9.18 Å². The van der Waals surface area contributed by atoms with Crippen molar-refractivity contribution in [1.29, 1.82) is 0 Å². The molecule has 0 aliphatic carbocycles. The maximum absolute atomic E-state index is 15.1. The van der Waals surface area contributed by atoms with Crippen molar-refractivity contribution < 1.29 is 13.9 Å². The smallest absolute Gasteiger partial charge is 0.410 e. The zero-order valence-corrected chi connectivity index (χ0v) is 15.0. The minimum atomic E-state index is -1.47. The number of nitrogens with zero attached hydrogens (tertiary/aromatic N) is 2. The first-order valence-corrected chi connectivity index (χ1v) is 8.69. The molecular weight excluding hydrogens is 327 g/mol. The highest BCUT2D eigenvalue weighted by Crippen LogP contribution is 2.40. The molecule has 1 aromatic heterocycles. The summed E-state index contributed by atoms with van der Waals surface area (Å²) in [5.74, 6) is 0.351. The van der Waals surface area contributed by atoms with Gasteiger partial charge in [-0.05, 0) is 27.7 Å². The van der Waals surface area contributed by atoms with Crippen LogP contribution in [0, 0.1) is 6.92 Å². The lowest BCUT2D eigenvalue weighted by atomic mass is 9.94.